The van der Waals surface area contributed by atoms with Crippen LogP contribution in [0.2, 0.25) is 0 Å². The number of H-pyrrole nitrogens is 2. The Morgan fingerprint density at radius 2 is 1.02 bits per heavy atom. The molecule has 6 rings (SSSR count). The molecule has 2 heterocycles. The van der Waals surface area contributed by atoms with E-state index in [-0.39, 0.29) is 11.8 Å². The van der Waals surface area contributed by atoms with Gasteiger partial charge in [-0.3, -0.25) is 9.59 Å². The van der Waals surface area contributed by atoms with Crippen molar-refractivity contribution in [2.24, 2.45) is 11.8 Å². The second kappa shape index (κ2) is 13.5. The Hall–Kier alpha value is -3.96. The molecular formula is C39H44F6N2O4. The summed E-state index contributed by atoms with van der Waals surface area (Å²) in [6.07, 6.45) is -4.20. The van der Waals surface area contributed by atoms with Crippen LogP contribution < -0.4 is 0 Å². The normalized spacial score (nSPS) is 18.5. The summed E-state index contributed by atoms with van der Waals surface area (Å²) in [5, 5.41) is 1.11. The number of rotatable bonds is 10. The number of nitrogens with one attached hydrogen (secondary N) is 2. The minimum absolute atomic E-state index is 0.111. The lowest BCUT2D eigenvalue weighted by molar-refractivity contribution is -0.180. The van der Waals surface area contributed by atoms with E-state index in [4.69, 9.17) is 9.47 Å². The van der Waals surface area contributed by atoms with Gasteiger partial charge < -0.3 is 19.4 Å². The maximum Gasteiger partial charge on any atom is 0.416 e. The number of aromatic amines is 2. The molecule has 12 heteroatoms. The number of halogens is 6. The smallest absolute Gasteiger partial charge is 0.416 e. The highest BCUT2D eigenvalue weighted by Gasteiger charge is 2.45. The van der Waals surface area contributed by atoms with Crippen molar-refractivity contribution in [3.8, 4) is 0 Å². The Bertz CT molecular complexity index is 1790. The number of aryl methyl sites for hydroxylation is 2. The summed E-state index contributed by atoms with van der Waals surface area (Å²) >= 11 is 0. The van der Waals surface area contributed by atoms with Gasteiger partial charge in [0.05, 0.1) is 11.1 Å². The van der Waals surface area contributed by atoms with Crippen LogP contribution in [0.15, 0.2) is 36.4 Å². The molecule has 0 amide bonds. The van der Waals surface area contributed by atoms with Gasteiger partial charge in [-0.25, -0.2) is 0 Å². The van der Waals surface area contributed by atoms with E-state index in [2.05, 4.69) is 9.97 Å². The highest BCUT2D eigenvalue weighted by Crippen LogP contribution is 2.44. The van der Waals surface area contributed by atoms with Crippen molar-refractivity contribution in [2.75, 3.05) is 0 Å². The van der Waals surface area contributed by atoms with Gasteiger partial charge in [0.2, 0.25) is 0 Å². The van der Waals surface area contributed by atoms with Crippen molar-refractivity contribution < 1.29 is 45.4 Å². The number of carbonyl (C=O) groups excluding carboxylic acids is 2. The predicted molar refractivity (Wildman–Crippen MR) is 181 cm³/mol. The minimum Gasteiger partial charge on any atom is -0.458 e. The molecular weight excluding hydrogens is 674 g/mol. The number of hydrogen-bond donors (Lipinski definition) is 2. The van der Waals surface area contributed by atoms with E-state index in [1.807, 2.05) is 27.7 Å². The average molecular weight is 719 g/mol. The molecule has 6 nitrogen and oxygen atoms in total. The van der Waals surface area contributed by atoms with Crippen LogP contribution in [0.1, 0.15) is 106 Å². The van der Waals surface area contributed by atoms with Gasteiger partial charge in [-0.1, -0.05) is 27.7 Å². The average Bonchev–Trinajstić information content (AvgIpc) is 3.65. The Labute approximate surface area is 292 Å². The monoisotopic (exact) mass is 718 g/mol. The minimum atomic E-state index is -4.44. The highest BCUT2D eigenvalue weighted by atomic mass is 19.4. The molecule has 0 bridgehead atoms. The summed E-state index contributed by atoms with van der Waals surface area (Å²) in [6, 6.07) is 7.43. The van der Waals surface area contributed by atoms with Gasteiger partial charge in [-0.15, -0.1) is 0 Å². The van der Waals surface area contributed by atoms with Crippen molar-refractivity contribution in [1.29, 1.82) is 0 Å². The molecule has 0 saturated heterocycles. The first kappa shape index (κ1) is 36.8. The highest BCUT2D eigenvalue weighted by molar-refractivity contribution is 5.91. The first-order valence-electron chi connectivity index (χ1n) is 17.9. The van der Waals surface area contributed by atoms with E-state index >= 15 is 0 Å². The molecule has 0 spiro atoms. The Kier molecular flexibility index (Phi) is 9.78. The number of aromatic nitrogens is 2. The molecule has 2 atom stereocenters. The molecule has 2 aromatic carbocycles. The first-order valence-corrected chi connectivity index (χ1v) is 17.9. The topological polar surface area (TPSA) is 84.2 Å². The zero-order chi connectivity index (χ0) is 36.9. The second-order valence-electron chi connectivity index (χ2n) is 14.2. The van der Waals surface area contributed by atoms with Crippen LogP contribution in [-0.4, -0.2) is 33.1 Å². The van der Waals surface area contributed by atoms with E-state index in [0.29, 0.717) is 86.0 Å². The lowest BCUT2D eigenvalue weighted by Crippen LogP contribution is -2.46. The molecule has 0 saturated carbocycles. The Morgan fingerprint density at radius 1 is 0.647 bits per heavy atom. The number of ether oxygens (including phenoxy) is 2. The van der Waals surface area contributed by atoms with Crippen molar-refractivity contribution >= 4 is 33.7 Å². The summed E-state index contributed by atoms with van der Waals surface area (Å²) in [7, 11) is 0. The van der Waals surface area contributed by atoms with Gasteiger partial charge in [0, 0.05) is 45.0 Å². The lowest BCUT2D eigenvalue weighted by Gasteiger charge is -2.42. The van der Waals surface area contributed by atoms with E-state index in [0.717, 1.165) is 34.6 Å². The summed E-state index contributed by atoms with van der Waals surface area (Å²) in [4.78, 5) is 33.4. The quantitative estimate of drug-likeness (QED) is 0.0972. The molecule has 2 unspecified atom stereocenters. The van der Waals surface area contributed by atoms with Crippen LogP contribution in [0, 0.1) is 11.8 Å². The first-order chi connectivity index (χ1) is 24.1. The number of alkyl halides is 6. The molecule has 4 aromatic rings. The lowest BCUT2D eigenvalue weighted by atomic mass is 9.73. The zero-order valence-electron chi connectivity index (χ0n) is 29.3. The fourth-order valence-corrected chi connectivity index (χ4v) is 8.86. The number of carbonyl (C=O) groups is 2. The van der Waals surface area contributed by atoms with Crippen LogP contribution in [0.25, 0.3) is 21.8 Å². The standard InChI is InChI=1S/C39H44F6N2O4/c1-5-36(6-2,22-9-13-26-28-17-24(38(40,41)42)11-15-30(28)46-32(26)19-22)50-34(48)21-35(49)51-37(7-3,8-4)23-10-14-27-29-18-25(39(43,44)45)12-16-31(29)47-33(27)20-23/h11-12,15-18,22-23,46-47H,5-10,13-14,19-21H2,1-4H3. The van der Waals surface area contributed by atoms with Crippen LogP contribution in [0.5, 0.6) is 0 Å². The number of benzene rings is 2. The summed E-state index contributed by atoms with van der Waals surface area (Å²) in [5.41, 5.74) is 1.51. The van der Waals surface area contributed by atoms with Crippen molar-refractivity contribution in [3.63, 3.8) is 0 Å². The Balaban J connectivity index is 1.14. The van der Waals surface area contributed by atoms with Crippen molar-refractivity contribution in [1.82, 2.24) is 9.97 Å². The van der Waals surface area contributed by atoms with Crippen LogP contribution in [0.4, 0.5) is 26.3 Å². The fraction of sp³-hybridized carbons (Fsp3) is 0.538. The fourth-order valence-electron chi connectivity index (χ4n) is 8.86. The van der Waals surface area contributed by atoms with Gasteiger partial charge in [-0.05, 0) is 112 Å². The Morgan fingerprint density at radius 3 is 1.35 bits per heavy atom. The van der Waals surface area contributed by atoms with Gasteiger partial charge in [0.25, 0.3) is 0 Å². The third-order valence-corrected chi connectivity index (χ3v) is 11.8. The number of esters is 2. The van der Waals surface area contributed by atoms with Gasteiger partial charge in [0.15, 0.2) is 0 Å². The van der Waals surface area contributed by atoms with Gasteiger partial charge in [0.1, 0.15) is 17.6 Å². The molecule has 2 aliphatic carbocycles. The molecule has 0 fully saturated rings. The van der Waals surface area contributed by atoms with Crippen LogP contribution in [0.3, 0.4) is 0 Å². The second-order valence-corrected chi connectivity index (χ2v) is 14.2. The molecule has 0 radical (unpaired) electrons. The van der Waals surface area contributed by atoms with Crippen LogP contribution >= 0.6 is 0 Å². The maximum atomic E-state index is 13.4. The molecule has 2 aliphatic rings. The van der Waals surface area contributed by atoms with Crippen LogP contribution in [-0.2, 0) is 57.1 Å². The molecule has 2 aromatic heterocycles. The zero-order valence-corrected chi connectivity index (χ0v) is 29.3. The van der Waals surface area contributed by atoms with E-state index in [1.165, 1.54) is 24.3 Å². The number of fused-ring (bicyclic) bond motifs is 6. The van der Waals surface area contributed by atoms with Gasteiger partial charge in [-0.2, -0.15) is 26.3 Å². The molecule has 2 N–H and O–H groups in total. The maximum absolute atomic E-state index is 13.4. The molecule has 0 aliphatic heterocycles. The van der Waals surface area contributed by atoms with Gasteiger partial charge >= 0.3 is 24.3 Å². The summed E-state index contributed by atoms with van der Waals surface area (Å²) < 4.78 is 92.8. The van der Waals surface area contributed by atoms with E-state index < -0.39 is 53.0 Å². The predicted octanol–water partition coefficient (Wildman–Crippen LogP) is 10.2. The SMILES string of the molecule is CCC(CC)(OC(=O)CC(=O)OC(CC)(CC)C1CCc2c([nH]c3ccc(C(F)(F)F)cc23)C1)C1CCc2c([nH]c3ccc(C(F)(F)F)cc23)C1. The summed E-state index contributed by atoms with van der Waals surface area (Å²) in [5.74, 6) is -1.60. The summed E-state index contributed by atoms with van der Waals surface area (Å²) in [6.45, 7) is 7.71. The van der Waals surface area contributed by atoms with E-state index in [9.17, 15) is 35.9 Å². The van der Waals surface area contributed by atoms with Crippen molar-refractivity contribution in [3.05, 3.63) is 70.0 Å². The third-order valence-electron chi connectivity index (χ3n) is 11.8. The van der Waals surface area contributed by atoms with E-state index in [1.54, 1.807) is 0 Å². The van der Waals surface area contributed by atoms with Crippen molar-refractivity contribution in [2.45, 2.75) is 122 Å². The molecule has 51 heavy (non-hydrogen) atoms. The molecule has 276 valence electrons. The largest absolute Gasteiger partial charge is 0.458 e. The number of hydrogen-bond acceptors (Lipinski definition) is 4. The third kappa shape index (κ3) is 6.87.